The van der Waals surface area contributed by atoms with E-state index in [2.05, 4.69) is 16.0 Å². The molecule has 3 heterocycles. The molecule has 1 amide bonds. The molecule has 6 nitrogen and oxygen atoms in total. The fraction of sp³-hybridized carbons (Fsp3) is 0.286. The molecule has 4 aromatic rings. The van der Waals surface area contributed by atoms with Gasteiger partial charge in [-0.15, -0.1) is 11.3 Å². The summed E-state index contributed by atoms with van der Waals surface area (Å²) in [6, 6.07) is 11.8. The van der Waals surface area contributed by atoms with Crippen molar-refractivity contribution in [2.24, 2.45) is 0 Å². The van der Waals surface area contributed by atoms with Crippen LogP contribution in [0.3, 0.4) is 0 Å². The Morgan fingerprint density at radius 1 is 1.07 bits per heavy atom. The number of fused-ring (bicyclic) bond motifs is 2. The predicted octanol–water partition coefficient (Wildman–Crippen LogP) is 4.27. The van der Waals surface area contributed by atoms with E-state index >= 15 is 0 Å². The van der Waals surface area contributed by atoms with Crippen molar-refractivity contribution in [3.05, 3.63) is 47.5 Å². The van der Waals surface area contributed by atoms with Gasteiger partial charge in [0.2, 0.25) is 0 Å². The Morgan fingerprint density at radius 3 is 2.72 bits per heavy atom. The largest absolute Gasteiger partial charge is 0.494 e. The lowest BCUT2D eigenvalue weighted by Gasteiger charge is -2.34. The van der Waals surface area contributed by atoms with Gasteiger partial charge in [0.1, 0.15) is 5.75 Å². The Kier molecular flexibility index (Phi) is 4.81. The van der Waals surface area contributed by atoms with Crippen LogP contribution in [0.15, 0.2) is 41.9 Å². The molecule has 0 unspecified atom stereocenters. The lowest BCUT2D eigenvalue weighted by molar-refractivity contribution is 0.0747. The SMILES string of the molecule is CCOc1ccc2nc(N3CCN(C(=O)c4ccc5ncsc5c4)CC3)sc2c1. The highest BCUT2D eigenvalue weighted by Gasteiger charge is 2.24. The van der Waals surface area contributed by atoms with E-state index in [1.165, 1.54) is 0 Å². The van der Waals surface area contributed by atoms with Gasteiger partial charge in [0.15, 0.2) is 5.13 Å². The first-order valence-corrected chi connectivity index (χ1v) is 11.3. The van der Waals surface area contributed by atoms with Crippen molar-refractivity contribution >= 4 is 54.1 Å². The van der Waals surface area contributed by atoms with Gasteiger partial charge < -0.3 is 14.5 Å². The van der Waals surface area contributed by atoms with Crippen molar-refractivity contribution in [3.63, 3.8) is 0 Å². The maximum absolute atomic E-state index is 12.9. The molecule has 0 atom stereocenters. The van der Waals surface area contributed by atoms with E-state index in [9.17, 15) is 4.79 Å². The average molecular weight is 425 g/mol. The van der Waals surface area contributed by atoms with Crippen LogP contribution in [0.4, 0.5) is 5.13 Å². The van der Waals surface area contributed by atoms with E-state index < -0.39 is 0 Å². The van der Waals surface area contributed by atoms with Gasteiger partial charge in [-0.05, 0) is 43.3 Å². The van der Waals surface area contributed by atoms with E-state index in [1.807, 2.05) is 47.7 Å². The van der Waals surface area contributed by atoms with Crippen LogP contribution in [0.25, 0.3) is 20.4 Å². The number of piperazine rings is 1. The Bertz CT molecular complexity index is 1180. The quantitative estimate of drug-likeness (QED) is 0.490. The summed E-state index contributed by atoms with van der Waals surface area (Å²) in [4.78, 5) is 26.2. The van der Waals surface area contributed by atoms with E-state index in [1.54, 1.807) is 22.7 Å². The summed E-state index contributed by atoms with van der Waals surface area (Å²) >= 11 is 3.24. The Balaban J connectivity index is 1.28. The second kappa shape index (κ2) is 7.61. The van der Waals surface area contributed by atoms with Crippen LogP contribution in [0, 0.1) is 0 Å². The van der Waals surface area contributed by atoms with E-state index in [-0.39, 0.29) is 5.91 Å². The topological polar surface area (TPSA) is 58.6 Å². The highest BCUT2D eigenvalue weighted by atomic mass is 32.1. The molecule has 0 saturated carbocycles. The smallest absolute Gasteiger partial charge is 0.254 e. The molecule has 0 aliphatic carbocycles. The summed E-state index contributed by atoms with van der Waals surface area (Å²) in [7, 11) is 0. The summed E-state index contributed by atoms with van der Waals surface area (Å²) in [6.45, 7) is 5.60. The number of carbonyl (C=O) groups is 1. The van der Waals surface area contributed by atoms with Gasteiger partial charge in [0.05, 0.1) is 32.6 Å². The summed E-state index contributed by atoms with van der Waals surface area (Å²) in [5, 5.41) is 1.01. The fourth-order valence-corrected chi connectivity index (χ4v) is 5.32. The number of ether oxygens (including phenoxy) is 1. The van der Waals surface area contributed by atoms with Crippen LogP contribution >= 0.6 is 22.7 Å². The molecule has 0 N–H and O–H groups in total. The van der Waals surface area contributed by atoms with Gasteiger partial charge in [0, 0.05) is 31.7 Å². The monoisotopic (exact) mass is 424 g/mol. The molecule has 1 aliphatic heterocycles. The Hall–Kier alpha value is -2.71. The molecule has 1 aliphatic rings. The Morgan fingerprint density at radius 2 is 1.90 bits per heavy atom. The number of hydrogen-bond acceptors (Lipinski definition) is 7. The molecule has 29 heavy (non-hydrogen) atoms. The first kappa shape index (κ1) is 18.3. The molecule has 0 bridgehead atoms. The zero-order valence-electron chi connectivity index (χ0n) is 16.0. The van der Waals surface area contributed by atoms with E-state index in [4.69, 9.17) is 9.72 Å². The average Bonchev–Trinajstić information content (AvgIpc) is 3.39. The molecule has 8 heteroatoms. The number of hydrogen-bond donors (Lipinski definition) is 0. The first-order chi connectivity index (χ1) is 14.2. The van der Waals surface area contributed by atoms with Gasteiger partial charge in [0.25, 0.3) is 5.91 Å². The number of amides is 1. The van der Waals surface area contributed by atoms with Gasteiger partial charge >= 0.3 is 0 Å². The lowest BCUT2D eigenvalue weighted by Crippen LogP contribution is -2.48. The Labute approximate surface area is 176 Å². The van der Waals surface area contributed by atoms with Gasteiger partial charge in [-0.1, -0.05) is 11.3 Å². The van der Waals surface area contributed by atoms with Crippen LogP contribution in [-0.2, 0) is 0 Å². The van der Waals surface area contributed by atoms with Crippen LogP contribution in [-0.4, -0.2) is 53.6 Å². The van der Waals surface area contributed by atoms with Crippen molar-refractivity contribution in [2.45, 2.75) is 6.92 Å². The van der Waals surface area contributed by atoms with Crippen molar-refractivity contribution in [2.75, 3.05) is 37.7 Å². The van der Waals surface area contributed by atoms with Gasteiger partial charge in [-0.25, -0.2) is 9.97 Å². The van der Waals surface area contributed by atoms with Gasteiger partial charge in [-0.2, -0.15) is 0 Å². The zero-order chi connectivity index (χ0) is 19.8. The maximum atomic E-state index is 12.9. The molecule has 0 radical (unpaired) electrons. The second-order valence-corrected chi connectivity index (χ2v) is 8.77. The van der Waals surface area contributed by atoms with E-state index in [0.29, 0.717) is 19.7 Å². The van der Waals surface area contributed by atoms with Crippen LogP contribution in [0.2, 0.25) is 0 Å². The second-order valence-electron chi connectivity index (χ2n) is 6.87. The third-order valence-electron chi connectivity index (χ3n) is 5.08. The van der Waals surface area contributed by atoms with Crippen molar-refractivity contribution < 1.29 is 9.53 Å². The number of rotatable bonds is 4. The lowest BCUT2D eigenvalue weighted by atomic mass is 10.1. The van der Waals surface area contributed by atoms with Crippen molar-refractivity contribution in [1.29, 1.82) is 0 Å². The maximum Gasteiger partial charge on any atom is 0.254 e. The molecule has 5 rings (SSSR count). The summed E-state index contributed by atoms with van der Waals surface area (Å²) in [6.07, 6.45) is 0. The first-order valence-electron chi connectivity index (χ1n) is 9.62. The molecule has 148 valence electrons. The summed E-state index contributed by atoms with van der Waals surface area (Å²) < 4.78 is 7.77. The van der Waals surface area contributed by atoms with E-state index in [0.717, 1.165) is 50.0 Å². The number of carbonyl (C=O) groups excluding carboxylic acids is 1. The van der Waals surface area contributed by atoms with Crippen molar-refractivity contribution in [3.8, 4) is 5.75 Å². The minimum atomic E-state index is 0.0885. The number of benzene rings is 2. The molecule has 1 saturated heterocycles. The van der Waals surface area contributed by atoms with Crippen LogP contribution in [0.5, 0.6) is 5.75 Å². The summed E-state index contributed by atoms with van der Waals surface area (Å²) in [5.74, 6) is 0.967. The minimum Gasteiger partial charge on any atom is -0.494 e. The standard InChI is InChI=1S/C21H20N4O2S2/c1-2-27-15-4-6-17-19(12-15)29-21(23-17)25-9-7-24(8-10-25)20(26)14-3-5-16-18(11-14)28-13-22-16/h3-6,11-13H,2,7-10H2,1H3. The molecule has 2 aromatic carbocycles. The third-order valence-corrected chi connectivity index (χ3v) is 6.95. The third kappa shape index (κ3) is 3.54. The molecule has 1 fully saturated rings. The van der Waals surface area contributed by atoms with Crippen LogP contribution < -0.4 is 9.64 Å². The highest BCUT2D eigenvalue weighted by molar-refractivity contribution is 7.22. The minimum absolute atomic E-state index is 0.0885. The number of anilines is 1. The summed E-state index contributed by atoms with van der Waals surface area (Å²) in [5.41, 5.74) is 4.48. The molecule has 0 spiro atoms. The molecule has 2 aromatic heterocycles. The zero-order valence-corrected chi connectivity index (χ0v) is 17.6. The molecular formula is C21H20N4O2S2. The number of aromatic nitrogens is 2. The fourth-order valence-electron chi connectivity index (χ4n) is 3.56. The molecular weight excluding hydrogens is 404 g/mol. The predicted molar refractivity (Wildman–Crippen MR) is 119 cm³/mol. The number of thiazole rings is 2. The highest BCUT2D eigenvalue weighted by Crippen LogP contribution is 2.32. The van der Waals surface area contributed by atoms with Gasteiger partial charge in [-0.3, -0.25) is 4.79 Å². The van der Waals surface area contributed by atoms with Crippen molar-refractivity contribution in [1.82, 2.24) is 14.9 Å². The van der Waals surface area contributed by atoms with Crippen LogP contribution in [0.1, 0.15) is 17.3 Å². The normalized spacial score (nSPS) is 14.7. The number of nitrogens with zero attached hydrogens (tertiary/aromatic N) is 4.